The third kappa shape index (κ3) is 6.47. The second-order valence-electron chi connectivity index (χ2n) is 3.83. The van der Waals surface area contributed by atoms with Crippen molar-refractivity contribution in [2.24, 2.45) is 5.92 Å². The highest BCUT2D eigenvalue weighted by atomic mass is 16.3. The summed E-state index contributed by atoms with van der Waals surface area (Å²) in [7, 11) is 1.80. The second kappa shape index (κ2) is 8.68. The highest BCUT2D eigenvalue weighted by Gasteiger charge is 2.08. The van der Waals surface area contributed by atoms with Gasteiger partial charge in [-0.05, 0) is 25.8 Å². The molecule has 0 aliphatic rings. The number of aliphatic hydroxyl groups excluding tert-OH is 1. The molecule has 15 heavy (non-hydrogen) atoms. The van der Waals surface area contributed by atoms with Gasteiger partial charge in [-0.2, -0.15) is 0 Å². The molecule has 4 heteroatoms. The van der Waals surface area contributed by atoms with Crippen LogP contribution in [0.3, 0.4) is 0 Å². The molecular formula is C11H24N2O2. The Balaban J connectivity index is 3.63. The summed E-state index contributed by atoms with van der Waals surface area (Å²) in [5, 5.41) is 11.9. The number of nitrogens with zero attached hydrogens (tertiary/aromatic N) is 1. The van der Waals surface area contributed by atoms with Gasteiger partial charge < -0.3 is 15.3 Å². The molecule has 0 spiro atoms. The average Bonchev–Trinajstić information content (AvgIpc) is 2.26. The Kier molecular flexibility index (Phi) is 8.33. The minimum atomic E-state index is 0.122. The monoisotopic (exact) mass is 216 g/mol. The van der Waals surface area contributed by atoms with E-state index in [0.717, 1.165) is 25.9 Å². The smallest absolute Gasteiger partial charge is 0.236 e. The molecule has 0 aromatic heterocycles. The van der Waals surface area contributed by atoms with Crippen LogP contribution in [0.4, 0.5) is 0 Å². The summed E-state index contributed by atoms with van der Waals surface area (Å²) in [6, 6.07) is 0. The summed E-state index contributed by atoms with van der Waals surface area (Å²) in [5.74, 6) is 0.589. The first-order chi connectivity index (χ1) is 7.15. The van der Waals surface area contributed by atoms with Crippen molar-refractivity contribution < 1.29 is 9.90 Å². The van der Waals surface area contributed by atoms with Crippen molar-refractivity contribution in [3.05, 3.63) is 0 Å². The van der Waals surface area contributed by atoms with Crippen LogP contribution in [0.15, 0.2) is 0 Å². The summed E-state index contributed by atoms with van der Waals surface area (Å²) in [6.07, 6.45) is 1.84. The van der Waals surface area contributed by atoms with E-state index in [-0.39, 0.29) is 12.5 Å². The lowest BCUT2D eigenvalue weighted by molar-refractivity contribution is -0.128. The van der Waals surface area contributed by atoms with Gasteiger partial charge in [-0.3, -0.25) is 4.79 Å². The van der Waals surface area contributed by atoms with E-state index < -0.39 is 0 Å². The lowest BCUT2D eigenvalue weighted by atomic mass is 10.0. The van der Waals surface area contributed by atoms with Crippen LogP contribution >= 0.6 is 0 Å². The predicted octanol–water partition coefficient (Wildman–Crippen LogP) is 0.463. The molecule has 90 valence electrons. The Bertz CT molecular complexity index is 174. The zero-order valence-corrected chi connectivity index (χ0v) is 10.1. The molecule has 0 rings (SSSR count). The van der Waals surface area contributed by atoms with E-state index in [0.29, 0.717) is 12.5 Å². The Labute approximate surface area is 92.7 Å². The quantitative estimate of drug-likeness (QED) is 0.620. The second-order valence-corrected chi connectivity index (χ2v) is 3.83. The Hall–Kier alpha value is -0.610. The fourth-order valence-corrected chi connectivity index (χ4v) is 1.33. The zero-order valence-electron chi connectivity index (χ0n) is 10.1. The molecule has 1 amide bonds. The number of aliphatic hydroxyl groups is 1. The van der Waals surface area contributed by atoms with E-state index in [1.165, 1.54) is 0 Å². The topological polar surface area (TPSA) is 52.6 Å². The molecule has 0 bridgehead atoms. The molecule has 0 radical (unpaired) electrons. The number of carbonyl (C=O) groups is 1. The maximum absolute atomic E-state index is 11.4. The molecule has 0 fully saturated rings. The maximum Gasteiger partial charge on any atom is 0.236 e. The van der Waals surface area contributed by atoms with Gasteiger partial charge in [-0.15, -0.1) is 0 Å². The van der Waals surface area contributed by atoms with E-state index in [9.17, 15) is 4.79 Å². The van der Waals surface area contributed by atoms with E-state index in [1.54, 1.807) is 11.9 Å². The van der Waals surface area contributed by atoms with Gasteiger partial charge in [0.05, 0.1) is 6.54 Å². The van der Waals surface area contributed by atoms with Crippen LogP contribution in [-0.2, 0) is 4.79 Å². The molecule has 0 heterocycles. The number of amides is 1. The lowest BCUT2D eigenvalue weighted by Gasteiger charge is -2.17. The van der Waals surface area contributed by atoms with Crippen LogP contribution in [0.2, 0.25) is 0 Å². The van der Waals surface area contributed by atoms with Crippen LogP contribution in [-0.4, -0.2) is 49.2 Å². The fraction of sp³-hybridized carbons (Fsp3) is 0.909. The summed E-state index contributed by atoms with van der Waals surface area (Å²) in [5.41, 5.74) is 0. The standard InChI is InChI=1S/C11H24N2O2/c1-4-10(6-7-14)8-12-9-11(15)13(3)5-2/h10,12,14H,4-9H2,1-3H3. The molecule has 0 aliphatic carbocycles. The van der Waals surface area contributed by atoms with Crippen molar-refractivity contribution in [2.45, 2.75) is 26.7 Å². The summed E-state index contributed by atoms with van der Waals surface area (Å²) < 4.78 is 0. The highest BCUT2D eigenvalue weighted by Crippen LogP contribution is 2.05. The van der Waals surface area contributed by atoms with Gasteiger partial charge in [0.15, 0.2) is 0 Å². The highest BCUT2D eigenvalue weighted by molar-refractivity contribution is 5.77. The molecule has 0 aromatic rings. The van der Waals surface area contributed by atoms with Crippen molar-refractivity contribution >= 4 is 5.91 Å². The fourth-order valence-electron chi connectivity index (χ4n) is 1.33. The van der Waals surface area contributed by atoms with E-state index in [2.05, 4.69) is 12.2 Å². The van der Waals surface area contributed by atoms with E-state index in [4.69, 9.17) is 5.11 Å². The van der Waals surface area contributed by atoms with E-state index >= 15 is 0 Å². The number of hydrogen-bond acceptors (Lipinski definition) is 3. The van der Waals surface area contributed by atoms with Crippen molar-refractivity contribution in [1.82, 2.24) is 10.2 Å². The van der Waals surface area contributed by atoms with Crippen molar-refractivity contribution in [3.63, 3.8) is 0 Å². The van der Waals surface area contributed by atoms with Crippen LogP contribution in [0.1, 0.15) is 26.7 Å². The number of rotatable bonds is 8. The number of carbonyl (C=O) groups excluding carboxylic acids is 1. The van der Waals surface area contributed by atoms with Crippen molar-refractivity contribution in [3.8, 4) is 0 Å². The van der Waals surface area contributed by atoms with Crippen LogP contribution in [0, 0.1) is 5.92 Å². The van der Waals surface area contributed by atoms with Crippen molar-refractivity contribution in [1.29, 1.82) is 0 Å². The Morgan fingerprint density at radius 1 is 1.47 bits per heavy atom. The number of hydrogen-bond donors (Lipinski definition) is 2. The van der Waals surface area contributed by atoms with Gasteiger partial charge in [0.2, 0.25) is 5.91 Å². The Morgan fingerprint density at radius 2 is 2.13 bits per heavy atom. The van der Waals surface area contributed by atoms with Crippen LogP contribution in [0.5, 0.6) is 0 Å². The first-order valence-corrected chi connectivity index (χ1v) is 5.71. The van der Waals surface area contributed by atoms with Gasteiger partial charge in [0.25, 0.3) is 0 Å². The van der Waals surface area contributed by atoms with Crippen molar-refractivity contribution in [2.75, 3.05) is 33.3 Å². The molecule has 2 N–H and O–H groups in total. The minimum Gasteiger partial charge on any atom is -0.396 e. The third-order valence-electron chi connectivity index (χ3n) is 2.72. The van der Waals surface area contributed by atoms with Gasteiger partial charge in [-0.1, -0.05) is 13.3 Å². The number of likely N-dealkylation sites (N-methyl/N-ethyl adjacent to an activating group) is 1. The minimum absolute atomic E-state index is 0.122. The van der Waals surface area contributed by atoms with E-state index in [1.807, 2.05) is 6.92 Å². The summed E-state index contributed by atoms with van der Waals surface area (Å²) in [6.45, 7) is 6.23. The SMILES string of the molecule is CCC(CCO)CNCC(=O)N(C)CC. The van der Waals surface area contributed by atoms with Gasteiger partial charge in [0.1, 0.15) is 0 Å². The number of nitrogens with one attached hydrogen (secondary N) is 1. The molecule has 4 nitrogen and oxygen atoms in total. The first kappa shape index (κ1) is 14.4. The Morgan fingerprint density at radius 3 is 2.60 bits per heavy atom. The molecule has 0 aromatic carbocycles. The molecule has 1 atom stereocenters. The van der Waals surface area contributed by atoms with Gasteiger partial charge in [0, 0.05) is 20.2 Å². The predicted molar refractivity (Wildman–Crippen MR) is 61.7 cm³/mol. The first-order valence-electron chi connectivity index (χ1n) is 5.71. The van der Waals surface area contributed by atoms with Crippen LogP contribution < -0.4 is 5.32 Å². The largest absolute Gasteiger partial charge is 0.396 e. The maximum atomic E-state index is 11.4. The van der Waals surface area contributed by atoms with Gasteiger partial charge >= 0.3 is 0 Å². The zero-order chi connectivity index (χ0) is 11.7. The van der Waals surface area contributed by atoms with Gasteiger partial charge in [-0.25, -0.2) is 0 Å². The summed E-state index contributed by atoms with van der Waals surface area (Å²) >= 11 is 0. The molecular weight excluding hydrogens is 192 g/mol. The average molecular weight is 216 g/mol. The molecule has 0 saturated carbocycles. The molecule has 0 saturated heterocycles. The molecule has 0 aliphatic heterocycles. The third-order valence-corrected chi connectivity index (χ3v) is 2.72. The lowest BCUT2D eigenvalue weighted by Crippen LogP contribution is -2.37. The van der Waals surface area contributed by atoms with Crippen LogP contribution in [0.25, 0.3) is 0 Å². The normalized spacial score (nSPS) is 12.5. The molecule has 1 unspecified atom stereocenters. The summed E-state index contributed by atoms with van der Waals surface area (Å²) in [4.78, 5) is 13.1.